The minimum absolute atomic E-state index is 0.0142. The van der Waals surface area contributed by atoms with Crippen LogP contribution in [-0.4, -0.2) is 17.0 Å². The Morgan fingerprint density at radius 1 is 1.14 bits per heavy atom. The first-order chi connectivity index (χ1) is 14.0. The molecule has 0 saturated carbocycles. The number of thiophene rings is 1. The average Bonchev–Trinajstić information content (AvgIpc) is 3.35. The molecule has 144 valence electrons. The molecule has 0 unspecified atom stereocenters. The Labute approximate surface area is 176 Å². The summed E-state index contributed by atoms with van der Waals surface area (Å²) < 4.78 is 7.47. The number of fused-ring (bicyclic) bond motifs is 1. The average molecular weight is 470 g/mol. The molecule has 0 fully saturated rings. The Morgan fingerprint density at radius 3 is 2.69 bits per heavy atom. The third-order valence-corrected chi connectivity index (χ3v) is 5.69. The number of non-ortho nitro benzene ring substituents is 1. The van der Waals surface area contributed by atoms with Crippen molar-refractivity contribution in [3.63, 3.8) is 0 Å². The van der Waals surface area contributed by atoms with Crippen molar-refractivity contribution in [3.8, 4) is 11.3 Å². The van der Waals surface area contributed by atoms with Crippen molar-refractivity contribution in [1.29, 1.82) is 0 Å². The van der Waals surface area contributed by atoms with Crippen molar-refractivity contribution < 1.29 is 14.1 Å². The highest BCUT2D eigenvalue weighted by Crippen LogP contribution is 2.29. The second kappa shape index (κ2) is 7.98. The maximum absolute atomic E-state index is 12.3. The van der Waals surface area contributed by atoms with Crippen LogP contribution in [0.4, 0.5) is 5.69 Å². The van der Waals surface area contributed by atoms with Gasteiger partial charge in [-0.15, -0.1) is 11.3 Å². The lowest BCUT2D eigenvalue weighted by Gasteiger charge is -1.97. The summed E-state index contributed by atoms with van der Waals surface area (Å²) in [6.07, 6.45) is 1.42. The Morgan fingerprint density at radius 2 is 1.93 bits per heavy atom. The summed E-state index contributed by atoms with van der Waals surface area (Å²) >= 11 is 4.63. The standard InChI is InChI=1S/C20H12BrN3O4S/c21-14-3-1-12(2-4-14)17-7-6-16(28-17)11-22-23-20(25)19-10-13-9-15(24(26)27)5-8-18(13)29-19/h1-11H,(H,23,25)/b22-11+. The minimum Gasteiger partial charge on any atom is -0.455 e. The topological polar surface area (TPSA) is 97.7 Å². The number of amides is 1. The van der Waals surface area contributed by atoms with Crippen LogP contribution in [0.2, 0.25) is 0 Å². The van der Waals surface area contributed by atoms with Crippen molar-refractivity contribution in [1.82, 2.24) is 5.43 Å². The predicted molar refractivity (Wildman–Crippen MR) is 115 cm³/mol. The Balaban J connectivity index is 1.44. The van der Waals surface area contributed by atoms with Gasteiger partial charge in [0.15, 0.2) is 0 Å². The van der Waals surface area contributed by atoms with Gasteiger partial charge in [0.1, 0.15) is 11.5 Å². The van der Waals surface area contributed by atoms with Crippen LogP contribution in [0.25, 0.3) is 21.4 Å². The lowest BCUT2D eigenvalue weighted by molar-refractivity contribution is -0.384. The van der Waals surface area contributed by atoms with Crippen molar-refractivity contribution in [2.75, 3.05) is 0 Å². The van der Waals surface area contributed by atoms with Crippen molar-refractivity contribution >= 4 is 55.2 Å². The number of benzene rings is 2. The molecule has 2 aromatic heterocycles. The zero-order chi connectivity index (χ0) is 20.4. The van der Waals surface area contributed by atoms with E-state index in [2.05, 4.69) is 26.5 Å². The lowest BCUT2D eigenvalue weighted by Crippen LogP contribution is -2.15. The molecule has 0 bridgehead atoms. The second-order valence-electron chi connectivity index (χ2n) is 6.00. The van der Waals surface area contributed by atoms with Crippen LogP contribution < -0.4 is 5.43 Å². The fourth-order valence-corrected chi connectivity index (χ4v) is 3.85. The van der Waals surface area contributed by atoms with Gasteiger partial charge < -0.3 is 4.42 Å². The quantitative estimate of drug-likeness (QED) is 0.233. The van der Waals surface area contributed by atoms with Gasteiger partial charge in [0.2, 0.25) is 0 Å². The summed E-state index contributed by atoms with van der Waals surface area (Å²) in [5.74, 6) is 0.788. The smallest absolute Gasteiger partial charge is 0.281 e. The van der Waals surface area contributed by atoms with E-state index >= 15 is 0 Å². The van der Waals surface area contributed by atoms with E-state index in [9.17, 15) is 14.9 Å². The van der Waals surface area contributed by atoms with Gasteiger partial charge in [-0.1, -0.05) is 28.1 Å². The minimum atomic E-state index is -0.465. The number of nitrogens with one attached hydrogen (secondary N) is 1. The Bertz CT molecular complexity index is 1240. The number of carbonyl (C=O) groups is 1. The number of rotatable bonds is 5. The van der Waals surface area contributed by atoms with E-state index in [1.807, 2.05) is 30.3 Å². The molecule has 2 aromatic carbocycles. The van der Waals surface area contributed by atoms with Gasteiger partial charge in [0.05, 0.1) is 16.0 Å². The van der Waals surface area contributed by atoms with Crippen LogP contribution in [0.1, 0.15) is 15.4 Å². The van der Waals surface area contributed by atoms with Crippen molar-refractivity contribution in [2.45, 2.75) is 0 Å². The first kappa shape index (κ1) is 19.0. The van der Waals surface area contributed by atoms with E-state index in [-0.39, 0.29) is 5.69 Å². The lowest BCUT2D eigenvalue weighted by atomic mass is 10.2. The van der Waals surface area contributed by atoms with Gasteiger partial charge in [-0.3, -0.25) is 14.9 Å². The van der Waals surface area contributed by atoms with E-state index < -0.39 is 10.8 Å². The van der Waals surface area contributed by atoms with E-state index in [1.54, 1.807) is 18.2 Å². The zero-order valence-electron chi connectivity index (χ0n) is 14.7. The van der Waals surface area contributed by atoms with Crippen LogP contribution in [0, 0.1) is 10.1 Å². The van der Waals surface area contributed by atoms with Gasteiger partial charge in [-0.2, -0.15) is 5.10 Å². The molecule has 4 aromatic rings. The monoisotopic (exact) mass is 469 g/mol. The Hall–Kier alpha value is -3.30. The van der Waals surface area contributed by atoms with Crippen LogP contribution in [-0.2, 0) is 0 Å². The number of hydrogen-bond acceptors (Lipinski definition) is 6. The third-order valence-electron chi connectivity index (χ3n) is 4.05. The molecule has 29 heavy (non-hydrogen) atoms. The highest BCUT2D eigenvalue weighted by atomic mass is 79.9. The summed E-state index contributed by atoms with van der Waals surface area (Å²) in [4.78, 5) is 23.1. The molecule has 0 aliphatic carbocycles. The fourth-order valence-electron chi connectivity index (χ4n) is 2.66. The van der Waals surface area contributed by atoms with E-state index in [0.29, 0.717) is 21.8 Å². The number of carbonyl (C=O) groups excluding carboxylic acids is 1. The first-order valence-corrected chi connectivity index (χ1v) is 9.98. The first-order valence-electron chi connectivity index (χ1n) is 8.37. The number of hydrogen-bond donors (Lipinski definition) is 1. The number of nitro groups is 1. The van der Waals surface area contributed by atoms with Gasteiger partial charge in [0, 0.05) is 32.3 Å². The van der Waals surface area contributed by atoms with Crippen molar-refractivity contribution in [3.05, 3.63) is 85.9 Å². The maximum Gasteiger partial charge on any atom is 0.281 e. The molecule has 4 rings (SSSR count). The largest absolute Gasteiger partial charge is 0.455 e. The molecule has 0 aliphatic heterocycles. The van der Waals surface area contributed by atoms with E-state index in [0.717, 1.165) is 14.7 Å². The predicted octanol–water partition coefficient (Wildman–Crippen LogP) is 5.60. The number of nitro benzene ring substituents is 1. The number of hydrazone groups is 1. The Kier molecular flexibility index (Phi) is 5.24. The number of halogens is 1. The fraction of sp³-hybridized carbons (Fsp3) is 0. The number of furan rings is 1. The molecule has 0 radical (unpaired) electrons. The second-order valence-corrected chi connectivity index (χ2v) is 8.00. The van der Waals surface area contributed by atoms with Crippen LogP contribution >= 0.6 is 27.3 Å². The summed E-state index contributed by atoms with van der Waals surface area (Å²) in [6.45, 7) is 0. The summed E-state index contributed by atoms with van der Waals surface area (Å²) in [6, 6.07) is 17.4. The highest BCUT2D eigenvalue weighted by Gasteiger charge is 2.13. The van der Waals surface area contributed by atoms with Crippen LogP contribution in [0.15, 0.2) is 74.7 Å². The normalized spacial score (nSPS) is 11.2. The highest BCUT2D eigenvalue weighted by molar-refractivity contribution is 9.10. The van der Waals surface area contributed by atoms with Crippen LogP contribution in [0.3, 0.4) is 0 Å². The summed E-state index contributed by atoms with van der Waals surface area (Å²) in [5, 5.41) is 15.4. The van der Waals surface area contributed by atoms with E-state index in [4.69, 9.17) is 4.42 Å². The summed E-state index contributed by atoms with van der Waals surface area (Å²) in [7, 11) is 0. The molecule has 9 heteroatoms. The molecule has 2 heterocycles. The van der Waals surface area contributed by atoms with Gasteiger partial charge in [-0.25, -0.2) is 5.43 Å². The SMILES string of the molecule is O=C(N/N=C/c1ccc(-c2ccc(Br)cc2)o1)c1cc2cc([N+](=O)[O-])ccc2s1. The zero-order valence-corrected chi connectivity index (χ0v) is 17.1. The molecule has 0 saturated heterocycles. The van der Waals surface area contributed by atoms with Crippen molar-refractivity contribution in [2.24, 2.45) is 5.10 Å². The van der Waals surface area contributed by atoms with Gasteiger partial charge >= 0.3 is 0 Å². The summed E-state index contributed by atoms with van der Waals surface area (Å²) in [5.41, 5.74) is 3.36. The van der Waals surface area contributed by atoms with E-state index in [1.165, 1.54) is 29.7 Å². The number of nitrogens with zero attached hydrogens (tertiary/aromatic N) is 2. The molecular formula is C20H12BrN3O4S. The molecule has 0 atom stereocenters. The van der Waals surface area contributed by atoms with Crippen LogP contribution in [0.5, 0.6) is 0 Å². The maximum atomic E-state index is 12.3. The molecular weight excluding hydrogens is 458 g/mol. The molecule has 1 N–H and O–H groups in total. The third kappa shape index (κ3) is 4.25. The van der Waals surface area contributed by atoms with Gasteiger partial charge in [0.25, 0.3) is 11.6 Å². The molecule has 1 amide bonds. The van der Waals surface area contributed by atoms with Gasteiger partial charge in [-0.05, 0) is 36.4 Å². The molecule has 0 aliphatic rings. The molecule has 7 nitrogen and oxygen atoms in total. The molecule has 0 spiro atoms.